The predicted molar refractivity (Wildman–Crippen MR) is 120 cm³/mol. The number of nitrogens with zero attached hydrogens (tertiary/aromatic N) is 6. The van der Waals surface area contributed by atoms with E-state index in [9.17, 15) is 17.6 Å². The molecule has 10 heteroatoms. The summed E-state index contributed by atoms with van der Waals surface area (Å²) < 4.78 is 56.5. The minimum atomic E-state index is -4.56. The molecule has 2 aromatic carbocycles. The molecule has 180 valence electrons. The number of aromatic nitrogens is 5. The van der Waals surface area contributed by atoms with E-state index in [1.165, 1.54) is 0 Å². The number of hydrogen-bond acceptors (Lipinski definition) is 5. The summed E-state index contributed by atoms with van der Waals surface area (Å²) in [5.41, 5.74) is 1.58. The van der Waals surface area contributed by atoms with Crippen LogP contribution in [0.15, 0.2) is 67.0 Å². The number of para-hydroxylation sites is 1. The normalized spacial score (nSPS) is 14.9. The van der Waals surface area contributed by atoms with Crippen LogP contribution in [0.4, 0.5) is 17.6 Å². The number of tetrazole rings is 1. The van der Waals surface area contributed by atoms with Crippen LogP contribution in [0.25, 0.3) is 5.69 Å². The van der Waals surface area contributed by atoms with Crippen molar-refractivity contribution in [3.8, 4) is 5.69 Å². The summed E-state index contributed by atoms with van der Waals surface area (Å²) in [5, 5.41) is 12.4. The van der Waals surface area contributed by atoms with E-state index >= 15 is 0 Å². The second kappa shape index (κ2) is 9.18. The molecular weight excluding hydrogens is 460 g/mol. The lowest BCUT2D eigenvalue weighted by Gasteiger charge is -2.31. The summed E-state index contributed by atoms with van der Waals surface area (Å²) >= 11 is 0. The van der Waals surface area contributed by atoms with Gasteiger partial charge in [0.25, 0.3) is 0 Å². The van der Waals surface area contributed by atoms with Gasteiger partial charge in [0.15, 0.2) is 5.82 Å². The average molecular weight is 482 g/mol. The average Bonchev–Trinajstić information content (AvgIpc) is 3.58. The lowest BCUT2D eigenvalue weighted by atomic mass is 10.0. The number of pyridine rings is 1. The molecule has 0 radical (unpaired) electrons. The van der Waals surface area contributed by atoms with Crippen LogP contribution in [-0.2, 0) is 12.7 Å². The summed E-state index contributed by atoms with van der Waals surface area (Å²) in [5.74, 6) is -0.210. The largest absolute Gasteiger partial charge is 0.416 e. The highest BCUT2D eigenvalue weighted by Crippen LogP contribution is 2.40. The lowest BCUT2D eigenvalue weighted by Crippen LogP contribution is -2.34. The van der Waals surface area contributed by atoms with Gasteiger partial charge in [-0.05, 0) is 71.7 Å². The molecule has 0 saturated heterocycles. The third kappa shape index (κ3) is 4.79. The van der Waals surface area contributed by atoms with Crippen LogP contribution in [0, 0.1) is 12.7 Å². The molecule has 0 aliphatic heterocycles. The molecule has 1 unspecified atom stereocenters. The van der Waals surface area contributed by atoms with Gasteiger partial charge in [-0.15, -0.1) is 5.10 Å². The van der Waals surface area contributed by atoms with Crippen molar-refractivity contribution >= 4 is 0 Å². The van der Waals surface area contributed by atoms with Crippen molar-refractivity contribution in [2.75, 3.05) is 0 Å². The first-order valence-corrected chi connectivity index (χ1v) is 11.2. The Kier molecular flexibility index (Phi) is 6.06. The molecule has 2 aromatic heterocycles. The van der Waals surface area contributed by atoms with Gasteiger partial charge < -0.3 is 0 Å². The van der Waals surface area contributed by atoms with Crippen molar-refractivity contribution in [1.82, 2.24) is 30.1 Å². The molecule has 0 amide bonds. The Hall–Kier alpha value is -3.66. The fraction of sp³-hybridized carbons (Fsp3) is 0.280. The van der Waals surface area contributed by atoms with Crippen molar-refractivity contribution in [2.45, 2.75) is 44.6 Å². The molecule has 6 nitrogen and oxygen atoms in total. The molecule has 1 aliphatic rings. The van der Waals surface area contributed by atoms with Crippen LogP contribution in [-0.4, -0.2) is 36.1 Å². The molecule has 4 aromatic rings. The van der Waals surface area contributed by atoms with Crippen molar-refractivity contribution < 1.29 is 17.6 Å². The zero-order chi connectivity index (χ0) is 24.6. The van der Waals surface area contributed by atoms with Crippen molar-refractivity contribution in [1.29, 1.82) is 0 Å². The van der Waals surface area contributed by atoms with Crippen LogP contribution in [0.2, 0.25) is 0 Å². The quantitative estimate of drug-likeness (QED) is 0.336. The molecular formula is C25H22F4N6. The first-order chi connectivity index (χ1) is 16.8. The summed E-state index contributed by atoms with van der Waals surface area (Å²) in [6.45, 7) is 1.90. The van der Waals surface area contributed by atoms with Gasteiger partial charge >= 0.3 is 6.18 Å². The number of hydrogen-bond donors (Lipinski definition) is 0. The third-order valence-electron chi connectivity index (χ3n) is 6.16. The first-order valence-electron chi connectivity index (χ1n) is 11.2. The molecule has 0 bridgehead atoms. The molecule has 1 fully saturated rings. The molecule has 1 aliphatic carbocycles. The molecule has 0 spiro atoms. The lowest BCUT2D eigenvalue weighted by molar-refractivity contribution is -0.137. The molecule has 1 atom stereocenters. The molecule has 35 heavy (non-hydrogen) atoms. The van der Waals surface area contributed by atoms with Crippen LogP contribution in [0.5, 0.6) is 0 Å². The fourth-order valence-corrected chi connectivity index (χ4v) is 4.27. The van der Waals surface area contributed by atoms with Crippen LogP contribution < -0.4 is 0 Å². The van der Waals surface area contributed by atoms with E-state index < -0.39 is 23.6 Å². The van der Waals surface area contributed by atoms with E-state index in [0.29, 0.717) is 5.82 Å². The number of benzene rings is 2. The Labute approximate surface area is 199 Å². The van der Waals surface area contributed by atoms with E-state index in [2.05, 4.69) is 20.5 Å². The predicted octanol–water partition coefficient (Wildman–Crippen LogP) is 5.28. The monoisotopic (exact) mass is 482 g/mol. The SMILES string of the molecule is Cc1ccccc1-n1nnnc1C(c1cccnc1)N(Cc1cc(C(F)(F)F)ccc1F)C1CC1. The molecule has 1 saturated carbocycles. The van der Waals surface area contributed by atoms with Crippen LogP contribution in [0.3, 0.4) is 0 Å². The molecule has 0 N–H and O–H groups in total. The summed E-state index contributed by atoms with van der Waals surface area (Å²) in [4.78, 5) is 6.21. The topological polar surface area (TPSA) is 59.7 Å². The highest BCUT2D eigenvalue weighted by molar-refractivity contribution is 5.41. The second-order valence-corrected chi connectivity index (χ2v) is 8.63. The number of halogens is 4. The van der Waals surface area contributed by atoms with Gasteiger partial charge in [-0.2, -0.15) is 17.9 Å². The zero-order valence-electron chi connectivity index (χ0n) is 18.8. The number of rotatable bonds is 7. The Morgan fingerprint density at radius 2 is 1.89 bits per heavy atom. The Morgan fingerprint density at radius 3 is 2.57 bits per heavy atom. The van der Waals surface area contributed by atoms with Gasteiger partial charge in [-0.1, -0.05) is 24.3 Å². The highest BCUT2D eigenvalue weighted by atomic mass is 19.4. The number of aryl methyl sites for hydroxylation is 1. The fourth-order valence-electron chi connectivity index (χ4n) is 4.27. The maximum absolute atomic E-state index is 14.8. The first kappa shape index (κ1) is 23.1. The van der Waals surface area contributed by atoms with Gasteiger partial charge in [0, 0.05) is 30.5 Å². The summed E-state index contributed by atoms with van der Waals surface area (Å²) in [7, 11) is 0. The maximum Gasteiger partial charge on any atom is 0.416 e. The Bertz CT molecular complexity index is 1320. The Balaban J connectivity index is 1.62. The minimum absolute atomic E-state index is 0.0319. The van der Waals surface area contributed by atoms with E-state index in [1.807, 2.05) is 42.2 Å². The van der Waals surface area contributed by atoms with Crippen LogP contribution in [0.1, 0.15) is 47.0 Å². The summed E-state index contributed by atoms with van der Waals surface area (Å²) in [6, 6.07) is 13.3. The smallest absolute Gasteiger partial charge is 0.282 e. The summed E-state index contributed by atoms with van der Waals surface area (Å²) in [6.07, 6.45) is 0.426. The highest BCUT2D eigenvalue weighted by Gasteiger charge is 2.39. The van der Waals surface area contributed by atoms with Gasteiger partial charge in [-0.3, -0.25) is 9.88 Å². The van der Waals surface area contributed by atoms with E-state index in [1.54, 1.807) is 23.1 Å². The van der Waals surface area contributed by atoms with Crippen LogP contribution >= 0.6 is 0 Å². The molecule has 5 rings (SSSR count). The van der Waals surface area contributed by atoms with E-state index in [4.69, 9.17) is 0 Å². The van der Waals surface area contributed by atoms with Gasteiger partial charge in [0.05, 0.1) is 17.3 Å². The van der Waals surface area contributed by atoms with Crippen molar-refractivity contribution in [3.05, 3.63) is 101 Å². The Morgan fingerprint density at radius 1 is 1.09 bits per heavy atom. The van der Waals surface area contributed by atoms with Gasteiger partial charge in [0.1, 0.15) is 5.82 Å². The number of alkyl halides is 3. The van der Waals surface area contributed by atoms with Crippen molar-refractivity contribution in [2.24, 2.45) is 0 Å². The minimum Gasteiger partial charge on any atom is -0.282 e. The van der Waals surface area contributed by atoms with E-state index in [0.717, 1.165) is 47.9 Å². The van der Waals surface area contributed by atoms with Gasteiger partial charge in [-0.25, -0.2) is 4.39 Å². The van der Waals surface area contributed by atoms with Crippen molar-refractivity contribution in [3.63, 3.8) is 0 Å². The standard InChI is InChI=1S/C25H22F4N6/c1-16-5-2-3-7-22(16)35-24(31-32-33-35)23(17-6-4-12-30-14-17)34(20-9-10-20)15-18-13-19(25(27,28)29)8-11-21(18)26/h2-8,11-14,20,23H,9-10,15H2,1H3. The van der Waals surface area contributed by atoms with Gasteiger partial charge in [0.2, 0.25) is 0 Å². The second-order valence-electron chi connectivity index (χ2n) is 8.63. The third-order valence-corrected chi connectivity index (χ3v) is 6.16. The van der Waals surface area contributed by atoms with E-state index in [-0.39, 0.29) is 18.2 Å². The zero-order valence-corrected chi connectivity index (χ0v) is 18.8. The molecule has 2 heterocycles. The maximum atomic E-state index is 14.8.